The largest absolute Gasteiger partial charge is 0.368 e. The van der Waals surface area contributed by atoms with Crippen LogP contribution in [0.1, 0.15) is 5.56 Å². The summed E-state index contributed by atoms with van der Waals surface area (Å²) >= 11 is 1.42. The molecule has 172 valence electrons. The lowest BCUT2D eigenvalue weighted by Crippen LogP contribution is -2.49. The Morgan fingerprint density at radius 1 is 0.912 bits per heavy atom. The molecule has 0 radical (unpaired) electrons. The van der Waals surface area contributed by atoms with E-state index in [-0.39, 0.29) is 5.91 Å². The molecule has 7 nitrogen and oxygen atoms in total. The van der Waals surface area contributed by atoms with Crippen LogP contribution in [0.4, 0.5) is 5.69 Å². The van der Waals surface area contributed by atoms with Crippen molar-refractivity contribution in [1.29, 1.82) is 0 Å². The van der Waals surface area contributed by atoms with E-state index in [1.807, 2.05) is 51.9 Å². The van der Waals surface area contributed by atoms with Gasteiger partial charge in [0.25, 0.3) is 0 Å². The number of para-hydroxylation sites is 1. The number of nitrogens with zero attached hydrogens (tertiary/aromatic N) is 6. The second-order valence-electron chi connectivity index (χ2n) is 8.21. The summed E-state index contributed by atoms with van der Waals surface area (Å²) in [5, 5.41) is 9.53. The summed E-state index contributed by atoms with van der Waals surface area (Å²) in [5.74, 6) is 1.16. The van der Waals surface area contributed by atoms with Crippen LogP contribution in [0.3, 0.4) is 0 Å². The van der Waals surface area contributed by atoms with Crippen molar-refractivity contribution in [3.05, 3.63) is 84.7 Å². The maximum absolute atomic E-state index is 13.0. The highest BCUT2D eigenvalue weighted by Crippen LogP contribution is 2.28. The van der Waals surface area contributed by atoms with Gasteiger partial charge in [-0.15, -0.1) is 10.2 Å². The van der Waals surface area contributed by atoms with E-state index < -0.39 is 0 Å². The van der Waals surface area contributed by atoms with Gasteiger partial charge >= 0.3 is 0 Å². The summed E-state index contributed by atoms with van der Waals surface area (Å²) in [5.41, 5.74) is 4.30. The summed E-state index contributed by atoms with van der Waals surface area (Å²) in [4.78, 5) is 21.5. The normalized spacial score (nSPS) is 13.8. The van der Waals surface area contributed by atoms with Crippen LogP contribution in [0.25, 0.3) is 17.1 Å². The van der Waals surface area contributed by atoms with Crippen molar-refractivity contribution in [2.45, 2.75) is 12.1 Å². The van der Waals surface area contributed by atoms with E-state index >= 15 is 0 Å². The molecule has 1 fully saturated rings. The molecule has 0 N–H and O–H groups in total. The Kier molecular flexibility index (Phi) is 6.58. The summed E-state index contributed by atoms with van der Waals surface area (Å²) < 4.78 is 1.99. The standard InChI is InChI=1S/C26H26N6OS/c1-20-7-5-11-23(17-20)30-13-15-31(16-14-30)24(33)19-34-26-29-28-25(21-8-6-12-27-18-21)32(26)22-9-3-2-4-10-22/h2-12,17-18H,13-16,19H2,1H3. The zero-order chi connectivity index (χ0) is 23.3. The molecule has 3 heterocycles. The van der Waals surface area contributed by atoms with Gasteiger partial charge in [0.1, 0.15) is 0 Å². The second kappa shape index (κ2) is 10.1. The fraction of sp³-hybridized carbons (Fsp3) is 0.231. The van der Waals surface area contributed by atoms with E-state index in [9.17, 15) is 4.79 Å². The van der Waals surface area contributed by atoms with Gasteiger partial charge < -0.3 is 9.80 Å². The van der Waals surface area contributed by atoms with Crippen LogP contribution in [0.15, 0.2) is 84.3 Å². The van der Waals surface area contributed by atoms with Gasteiger partial charge in [0.15, 0.2) is 11.0 Å². The van der Waals surface area contributed by atoms with Crippen molar-refractivity contribution < 1.29 is 4.79 Å². The lowest BCUT2D eigenvalue weighted by Gasteiger charge is -2.36. The second-order valence-corrected chi connectivity index (χ2v) is 9.16. The van der Waals surface area contributed by atoms with Gasteiger partial charge in [-0.1, -0.05) is 42.1 Å². The SMILES string of the molecule is Cc1cccc(N2CCN(C(=O)CSc3nnc(-c4cccnc4)n3-c3ccccc3)CC2)c1. The van der Waals surface area contributed by atoms with Crippen molar-refractivity contribution in [2.24, 2.45) is 0 Å². The quantitative estimate of drug-likeness (QED) is 0.396. The van der Waals surface area contributed by atoms with Crippen LogP contribution in [-0.4, -0.2) is 62.5 Å². The number of piperazine rings is 1. The van der Waals surface area contributed by atoms with Crippen LogP contribution >= 0.6 is 11.8 Å². The molecule has 0 atom stereocenters. The molecular weight excluding hydrogens is 444 g/mol. The Morgan fingerprint density at radius 2 is 1.71 bits per heavy atom. The molecule has 0 saturated carbocycles. The molecular formula is C26H26N6OS. The lowest BCUT2D eigenvalue weighted by molar-refractivity contribution is -0.128. The first kappa shape index (κ1) is 22.2. The van der Waals surface area contributed by atoms with Crippen LogP contribution in [0.2, 0.25) is 0 Å². The minimum Gasteiger partial charge on any atom is -0.368 e. The maximum Gasteiger partial charge on any atom is 0.233 e. The van der Waals surface area contributed by atoms with Crippen LogP contribution in [-0.2, 0) is 4.79 Å². The number of aryl methyl sites for hydroxylation is 1. The predicted molar refractivity (Wildman–Crippen MR) is 135 cm³/mol. The van der Waals surface area contributed by atoms with Crippen LogP contribution in [0, 0.1) is 6.92 Å². The highest BCUT2D eigenvalue weighted by Gasteiger charge is 2.23. The first-order valence-electron chi connectivity index (χ1n) is 11.3. The highest BCUT2D eigenvalue weighted by molar-refractivity contribution is 7.99. The van der Waals surface area contributed by atoms with Crippen molar-refractivity contribution in [1.82, 2.24) is 24.6 Å². The number of aromatic nitrogens is 4. The first-order chi connectivity index (χ1) is 16.7. The Morgan fingerprint density at radius 3 is 2.44 bits per heavy atom. The monoisotopic (exact) mass is 470 g/mol. The lowest BCUT2D eigenvalue weighted by atomic mass is 10.2. The first-order valence-corrected chi connectivity index (χ1v) is 12.3. The minimum atomic E-state index is 0.124. The highest BCUT2D eigenvalue weighted by atomic mass is 32.2. The van der Waals surface area contributed by atoms with Crippen LogP contribution < -0.4 is 4.90 Å². The van der Waals surface area contributed by atoms with Gasteiger partial charge in [-0.25, -0.2) is 0 Å². The average molecular weight is 471 g/mol. The third kappa shape index (κ3) is 4.82. The molecule has 34 heavy (non-hydrogen) atoms. The Labute approximate surface area is 203 Å². The molecule has 1 saturated heterocycles. The minimum absolute atomic E-state index is 0.124. The van der Waals surface area contributed by atoms with E-state index in [1.54, 1.807) is 12.4 Å². The molecule has 1 aliphatic heterocycles. The number of carbonyl (C=O) groups is 1. The van der Waals surface area contributed by atoms with E-state index in [1.165, 1.54) is 23.0 Å². The van der Waals surface area contributed by atoms with E-state index in [2.05, 4.69) is 51.3 Å². The number of rotatable bonds is 6. The number of amides is 1. The van der Waals surface area contributed by atoms with Crippen molar-refractivity contribution in [3.8, 4) is 17.1 Å². The zero-order valence-electron chi connectivity index (χ0n) is 19.0. The smallest absolute Gasteiger partial charge is 0.233 e. The Bertz CT molecular complexity index is 1250. The van der Waals surface area contributed by atoms with Crippen molar-refractivity contribution in [3.63, 3.8) is 0 Å². The van der Waals surface area contributed by atoms with E-state index in [0.717, 1.165) is 37.4 Å². The number of anilines is 1. The number of hydrogen-bond acceptors (Lipinski definition) is 6. The fourth-order valence-corrected chi connectivity index (χ4v) is 4.97. The number of benzene rings is 2. The number of thioether (sulfide) groups is 1. The van der Waals surface area contributed by atoms with Gasteiger partial charge in [-0.2, -0.15) is 0 Å². The van der Waals surface area contributed by atoms with Gasteiger partial charge in [-0.3, -0.25) is 14.3 Å². The van der Waals surface area contributed by atoms with Gasteiger partial charge in [0, 0.05) is 55.5 Å². The predicted octanol–water partition coefficient (Wildman–Crippen LogP) is 4.08. The molecule has 1 aliphatic rings. The summed E-state index contributed by atoms with van der Waals surface area (Å²) in [6.07, 6.45) is 3.51. The van der Waals surface area contributed by atoms with Crippen molar-refractivity contribution >= 4 is 23.4 Å². The Balaban J connectivity index is 1.27. The van der Waals surface area contributed by atoms with Gasteiger partial charge in [-0.05, 0) is 48.9 Å². The Hall–Kier alpha value is -3.65. The average Bonchev–Trinajstić information content (AvgIpc) is 3.32. The molecule has 0 aliphatic carbocycles. The third-order valence-corrected chi connectivity index (χ3v) is 6.81. The van der Waals surface area contributed by atoms with Gasteiger partial charge in [0.05, 0.1) is 5.75 Å². The fourth-order valence-electron chi connectivity index (χ4n) is 4.11. The number of hydrogen-bond donors (Lipinski definition) is 0. The molecule has 4 aromatic rings. The molecule has 5 rings (SSSR count). The maximum atomic E-state index is 13.0. The summed E-state index contributed by atoms with van der Waals surface area (Å²) in [6.45, 7) is 5.23. The molecule has 0 bridgehead atoms. The molecule has 2 aromatic heterocycles. The molecule has 0 unspecified atom stereocenters. The van der Waals surface area contributed by atoms with Crippen molar-refractivity contribution in [2.75, 3.05) is 36.8 Å². The molecule has 1 amide bonds. The van der Waals surface area contributed by atoms with E-state index in [4.69, 9.17) is 0 Å². The van der Waals surface area contributed by atoms with E-state index in [0.29, 0.717) is 16.7 Å². The zero-order valence-corrected chi connectivity index (χ0v) is 19.9. The topological polar surface area (TPSA) is 67.2 Å². The van der Waals surface area contributed by atoms with Crippen LogP contribution in [0.5, 0.6) is 0 Å². The van der Waals surface area contributed by atoms with Gasteiger partial charge in [0.2, 0.25) is 5.91 Å². The number of carbonyl (C=O) groups excluding carboxylic acids is 1. The number of pyridine rings is 1. The summed E-state index contributed by atoms with van der Waals surface area (Å²) in [7, 11) is 0. The third-order valence-electron chi connectivity index (χ3n) is 5.89. The molecule has 8 heteroatoms. The molecule has 0 spiro atoms. The summed E-state index contributed by atoms with van der Waals surface area (Å²) in [6, 6.07) is 22.3. The molecule has 2 aromatic carbocycles.